The molecule has 1 aliphatic heterocycles. The molecule has 27 heavy (non-hydrogen) atoms. The third-order valence-electron chi connectivity index (χ3n) is 4.89. The van der Waals surface area contributed by atoms with Crippen LogP contribution in [-0.4, -0.2) is 41.7 Å². The van der Waals surface area contributed by atoms with Gasteiger partial charge in [0, 0.05) is 26.5 Å². The zero-order valence-electron chi connectivity index (χ0n) is 15.0. The van der Waals surface area contributed by atoms with Gasteiger partial charge in [0.2, 0.25) is 0 Å². The smallest absolute Gasteiger partial charge is 0.270 e. The van der Waals surface area contributed by atoms with Gasteiger partial charge < -0.3 is 24.5 Å². The summed E-state index contributed by atoms with van der Waals surface area (Å²) in [6, 6.07) is 11.2. The number of methoxy groups -OCH3 is 2. The molecule has 0 fully saturated rings. The van der Waals surface area contributed by atoms with Crippen molar-refractivity contribution in [2.75, 3.05) is 20.8 Å². The van der Waals surface area contributed by atoms with E-state index in [1.165, 1.54) is 0 Å². The first-order chi connectivity index (χ1) is 13.0. The number of aliphatic hydroxyl groups excluding tert-OH is 1. The standard InChI is InChI=1S/C20H19BrN2O4/c1-26-17-5-6-18(27-2)19-13(17)9-23(10-16(19)24)20(25)15-7-11-3-4-12(21)8-14(11)22-15/h3-8,16,22,24H,9-10H2,1-2H3/t16-/m0/s1. The van der Waals surface area contributed by atoms with Crippen molar-refractivity contribution in [3.63, 3.8) is 0 Å². The number of hydrogen-bond donors (Lipinski definition) is 2. The van der Waals surface area contributed by atoms with Crippen molar-refractivity contribution < 1.29 is 19.4 Å². The van der Waals surface area contributed by atoms with Crippen molar-refractivity contribution in [1.29, 1.82) is 0 Å². The fourth-order valence-corrected chi connectivity index (χ4v) is 3.98. The SMILES string of the molecule is COc1ccc(OC)c2c1CN(C(=O)c1cc3ccc(Br)cc3[nH]1)C[C@@H]2O. The highest BCUT2D eigenvalue weighted by molar-refractivity contribution is 9.10. The Bertz CT molecular complexity index is 1030. The highest BCUT2D eigenvalue weighted by atomic mass is 79.9. The van der Waals surface area contributed by atoms with Crippen molar-refractivity contribution in [2.45, 2.75) is 12.6 Å². The molecule has 0 unspecified atom stereocenters. The van der Waals surface area contributed by atoms with Crippen LogP contribution in [0.25, 0.3) is 10.9 Å². The Morgan fingerprint density at radius 3 is 2.67 bits per heavy atom. The predicted molar refractivity (Wildman–Crippen MR) is 105 cm³/mol. The molecule has 7 heteroatoms. The molecule has 1 aromatic heterocycles. The van der Waals surface area contributed by atoms with Gasteiger partial charge in [-0.1, -0.05) is 22.0 Å². The van der Waals surface area contributed by atoms with E-state index >= 15 is 0 Å². The van der Waals surface area contributed by atoms with Gasteiger partial charge in [0.1, 0.15) is 23.3 Å². The highest BCUT2D eigenvalue weighted by Crippen LogP contribution is 2.39. The van der Waals surface area contributed by atoms with Gasteiger partial charge in [-0.2, -0.15) is 0 Å². The summed E-state index contributed by atoms with van der Waals surface area (Å²) in [7, 11) is 3.14. The maximum absolute atomic E-state index is 13.1. The Hall–Kier alpha value is -2.51. The van der Waals surface area contributed by atoms with Crippen LogP contribution in [-0.2, 0) is 6.54 Å². The average Bonchev–Trinajstić information content (AvgIpc) is 3.09. The van der Waals surface area contributed by atoms with Crippen molar-refractivity contribution in [2.24, 2.45) is 0 Å². The number of fused-ring (bicyclic) bond motifs is 2. The van der Waals surface area contributed by atoms with Gasteiger partial charge in [-0.3, -0.25) is 4.79 Å². The lowest BCUT2D eigenvalue weighted by Gasteiger charge is -2.33. The van der Waals surface area contributed by atoms with E-state index in [0.717, 1.165) is 20.9 Å². The van der Waals surface area contributed by atoms with E-state index in [1.807, 2.05) is 24.3 Å². The number of carbonyl (C=O) groups is 1. The number of ether oxygens (including phenoxy) is 2. The van der Waals surface area contributed by atoms with E-state index in [0.29, 0.717) is 29.3 Å². The van der Waals surface area contributed by atoms with E-state index in [-0.39, 0.29) is 12.5 Å². The molecule has 4 rings (SSSR count). The van der Waals surface area contributed by atoms with Crippen LogP contribution in [0, 0.1) is 0 Å². The van der Waals surface area contributed by atoms with Gasteiger partial charge in [0.25, 0.3) is 5.91 Å². The van der Waals surface area contributed by atoms with E-state index in [1.54, 1.807) is 31.3 Å². The fraction of sp³-hybridized carbons (Fsp3) is 0.250. The number of aliphatic hydroxyl groups is 1. The molecule has 0 radical (unpaired) electrons. The minimum Gasteiger partial charge on any atom is -0.496 e. The molecule has 140 valence electrons. The Kier molecular flexibility index (Phi) is 4.57. The number of rotatable bonds is 3. The van der Waals surface area contributed by atoms with E-state index in [2.05, 4.69) is 20.9 Å². The summed E-state index contributed by atoms with van der Waals surface area (Å²) in [6.45, 7) is 0.527. The zero-order chi connectivity index (χ0) is 19.1. The summed E-state index contributed by atoms with van der Waals surface area (Å²) in [5, 5.41) is 11.6. The number of carbonyl (C=O) groups excluding carboxylic acids is 1. The molecule has 0 aliphatic carbocycles. The number of nitrogens with zero attached hydrogens (tertiary/aromatic N) is 1. The molecule has 1 aliphatic rings. The molecule has 0 saturated heterocycles. The quantitative estimate of drug-likeness (QED) is 0.664. The topological polar surface area (TPSA) is 74.8 Å². The lowest BCUT2D eigenvalue weighted by Crippen LogP contribution is -2.38. The van der Waals surface area contributed by atoms with Crippen LogP contribution < -0.4 is 9.47 Å². The Morgan fingerprint density at radius 1 is 1.19 bits per heavy atom. The number of nitrogens with one attached hydrogen (secondary N) is 1. The monoisotopic (exact) mass is 430 g/mol. The largest absolute Gasteiger partial charge is 0.496 e. The molecule has 0 spiro atoms. The Balaban J connectivity index is 1.70. The van der Waals surface area contributed by atoms with Crippen molar-refractivity contribution in [3.05, 3.63) is 57.7 Å². The molecule has 6 nitrogen and oxygen atoms in total. The minimum atomic E-state index is -0.846. The third kappa shape index (κ3) is 3.07. The number of amides is 1. The summed E-state index contributed by atoms with van der Waals surface area (Å²) in [6.07, 6.45) is -0.846. The lowest BCUT2D eigenvalue weighted by atomic mass is 9.95. The fourth-order valence-electron chi connectivity index (χ4n) is 3.62. The number of halogens is 1. The first kappa shape index (κ1) is 17.9. The molecule has 2 aromatic carbocycles. The lowest BCUT2D eigenvalue weighted by molar-refractivity contribution is 0.0534. The maximum atomic E-state index is 13.1. The van der Waals surface area contributed by atoms with Crippen LogP contribution >= 0.6 is 15.9 Å². The number of β-amino-alcohol motifs (C(OH)–C–C–N with tert-alkyl or cyclic N) is 1. The van der Waals surface area contributed by atoms with Gasteiger partial charge in [0.05, 0.1) is 27.3 Å². The van der Waals surface area contributed by atoms with Gasteiger partial charge in [-0.25, -0.2) is 0 Å². The Morgan fingerprint density at radius 2 is 1.93 bits per heavy atom. The second kappa shape index (κ2) is 6.90. The summed E-state index contributed by atoms with van der Waals surface area (Å²) >= 11 is 3.44. The van der Waals surface area contributed by atoms with Crippen LogP contribution in [0.5, 0.6) is 11.5 Å². The number of hydrogen-bond acceptors (Lipinski definition) is 4. The summed E-state index contributed by atoms with van der Waals surface area (Å²) in [5.74, 6) is 1.06. The predicted octanol–water partition coefficient (Wildman–Crippen LogP) is 3.64. The minimum absolute atomic E-state index is 0.170. The molecule has 0 bridgehead atoms. The molecular weight excluding hydrogens is 412 g/mol. The molecule has 0 saturated carbocycles. The summed E-state index contributed by atoms with van der Waals surface area (Å²) < 4.78 is 11.8. The molecular formula is C20H19BrN2O4. The first-order valence-electron chi connectivity index (χ1n) is 8.51. The maximum Gasteiger partial charge on any atom is 0.270 e. The average molecular weight is 431 g/mol. The van der Waals surface area contributed by atoms with Crippen molar-refractivity contribution in [3.8, 4) is 11.5 Å². The highest BCUT2D eigenvalue weighted by Gasteiger charge is 2.32. The normalized spacial score (nSPS) is 16.3. The number of benzene rings is 2. The van der Waals surface area contributed by atoms with Crippen LogP contribution in [0.4, 0.5) is 0 Å². The third-order valence-corrected chi connectivity index (χ3v) is 5.38. The van der Waals surface area contributed by atoms with Crippen LogP contribution in [0.2, 0.25) is 0 Å². The second-order valence-electron chi connectivity index (χ2n) is 6.48. The molecule has 2 heterocycles. The van der Waals surface area contributed by atoms with Crippen LogP contribution in [0.3, 0.4) is 0 Å². The summed E-state index contributed by atoms with van der Waals surface area (Å²) in [5.41, 5.74) is 2.81. The molecule has 2 N–H and O–H groups in total. The van der Waals surface area contributed by atoms with Gasteiger partial charge >= 0.3 is 0 Å². The molecule has 1 amide bonds. The number of aromatic nitrogens is 1. The molecule has 3 aromatic rings. The number of H-pyrrole nitrogens is 1. The van der Waals surface area contributed by atoms with Gasteiger partial charge in [-0.05, 0) is 30.3 Å². The van der Waals surface area contributed by atoms with Crippen LogP contribution in [0.15, 0.2) is 40.9 Å². The van der Waals surface area contributed by atoms with Crippen LogP contribution in [0.1, 0.15) is 27.7 Å². The number of aromatic amines is 1. The Labute approximate surface area is 164 Å². The van der Waals surface area contributed by atoms with Crippen molar-refractivity contribution >= 4 is 32.7 Å². The second-order valence-corrected chi connectivity index (χ2v) is 7.39. The van der Waals surface area contributed by atoms with E-state index in [9.17, 15) is 9.90 Å². The molecule has 1 atom stereocenters. The zero-order valence-corrected chi connectivity index (χ0v) is 16.5. The van der Waals surface area contributed by atoms with Gasteiger partial charge in [0.15, 0.2) is 0 Å². The van der Waals surface area contributed by atoms with E-state index in [4.69, 9.17) is 9.47 Å². The first-order valence-corrected chi connectivity index (χ1v) is 9.30. The van der Waals surface area contributed by atoms with Gasteiger partial charge in [-0.15, -0.1) is 0 Å². The summed E-state index contributed by atoms with van der Waals surface area (Å²) in [4.78, 5) is 17.8. The van der Waals surface area contributed by atoms with Crippen molar-refractivity contribution in [1.82, 2.24) is 9.88 Å². The van der Waals surface area contributed by atoms with E-state index < -0.39 is 6.10 Å².